The van der Waals surface area contributed by atoms with Gasteiger partial charge in [0, 0.05) is 31.7 Å². The van der Waals surface area contributed by atoms with Crippen LogP contribution in [0.4, 0.5) is 0 Å². The summed E-state index contributed by atoms with van der Waals surface area (Å²) in [5.74, 6) is 0.968. The minimum atomic E-state index is -2.01. The second-order valence-corrected chi connectivity index (χ2v) is 16.9. The molecular weight excluding hydrogens is 526 g/mol. The van der Waals surface area contributed by atoms with Gasteiger partial charge >= 0.3 is 0 Å². The number of ether oxygens (including phenoxy) is 1. The zero-order valence-corrected chi connectivity index (χ0v) is 25.8. The van der Waals surface area contributed by atoms with E-state index in [0.29, 0.717) is 30.8 Å². The summed E-state index contributed by atoms with van der Waals surface area (Å²) in [5.41, 5.74) is 7.04. The lowest BCUT2D eigenvalue weighted by Gasteiger charge is -2.36. The van der Waals surface area contributed by atoms with Gasteiger partial charge in [-0.2, -0.15) is 0 Å². The predicted molar refractivity (Wildman–Crippen MR) is 167 cm³/mol. The van der Waals surface area contributed by atoms with Crippen LogP contribution in [-0.4, -0.2) is 34.9 Å². The molecule has 2 aromatic heterocycles. The van der Waals surface area contributed by atoms with E-state index in [1.165, 1.54) is 0 Å². The highest BCUT2D eigenvalue weighted by atomic mass is 28.4. The zero-order valence-electron chi connectivity index (χ0n) is 24.8. The van der Waals surface area contributed by atoms with E-state index in [1.807, 2.05) is 60.8 Å². The molecule has 5 rings (SSSR count). The van der Waals surface area contributed by atoms with E-state index in [9.17, 15) is 5.11 Å². The molecule has 212 valence electrons. The van der Waals surface area contributed by atoms with Gasteiger partial charge < -0.3 is 14.3 Å². The molecule has 0 fully saturated rings. The van der Waals surface area contributed by atoms with Crippen molar-refractivity contribution in [2.75, 3.05) is 7.11 Å². The van der Waals surface area contributed by atoms with E-state index in [4.69, 9.17) is 19.1 Å². The average Bonchev–Trinajstić information content (AvgIpc) is 3.24. The number of aromatic hydroxyl groups is 1. The molecule has 41 heavy (non-hydrogen) atoms. The van der Waals surface area contributed by atoms with E-state index in [2.05, 4.69) is 58.1 Å². The molecule has 0 saturated heterocycles. The van der Waals surface area contributed by atoms with Gasteiger partial charge in [-0.15, -0.1) is 0 Å². The molecule has 0 saturated carbocycles. The van der Waals surface area contributed by atoms with Crippen molar-refractivity contribution in [2.45, 2.75) is 58.4 Å². The molecular formula is C34H39N3O3Si. The van der Waals surface area contributed by atoms with Crippen LogP contribution in [0.1, 0.15) is 48.8 Å². The Morgan fingerprint density at radius 1 is 0.805 bits per heavy atom. The summed E-state index contributed by atoms with van der Waals surface area (Å²) in [6.45, 7) is 11.7. The van der Waals surface area contributed by atoms with Crippen molar-refractivity contribution in [3.05, 3.63) is 113 Å². The molecule has 0 bridgehead atoms. The molecule has 5 aromatic rings. The first-order chi connectivity index (χ1) is 19.5. The first kappa shape index (κ1) is 28.6. The number of rotatable bonds is 9. The third-order valence-corrected chi connectivity index (χ3v) is 12.3. The molecule has 0 radical (unpaired) electrons. The van der Waals surface area contributed by atoms with Gasteiger partial charge in [-0.3, -0.25) is 4.40 Å². The Kier molecular flexibility index (Phi) is 8.02. The van der Waals surface area contributed by atoms with E-state index in [1.54, 1.807) is 11.5 Å². The van der Waals surface area contributed by atoms with Crippen LogP contribution >= 0.6 is 0 Å². The van der Waals surface area contributed by atoms with Gasteiger partial charge in [-0.1, -0.05) is 87.5 Å². The quantitative estimate of drug-likeness (QED) is 0.185. The largest absolute Gasteiger partial charge is 0.543 e. The van der Waals surface area contributed by atoms with Crippen molar-refractivity contribution in [1.29, 1.82) is 0 Å². The number of fused-ring (bicyclic) bond motifs is 1. The summed E-state index contributed by atoms with van der Waals surface area (Å²) in [6, 6.07) is 26.5. The van der Waals surface area contributed by atoms with Crippen LogP contribution in [0.3, 0.4) is 0 Å². The van der Waals surface area contributed by atoms with Gasteiger partial charge in [0.15, 0.2) is 5.65 Å². The number of nitrogens with zero attached hydrogens (tertiary/aromatic N) is 3. The van der Waals surface area contributed by atoms with Crippen LogP contribution in [0.15, 0.2) is 85.1 Å². The van der Waals surface area contributed by atoms with Crippen LogP contribution < -0.4 is 4.43 Å². The van der Waals surface area contributed by atoms with Gasteiger partial charge in [-0.05, 0) is 47.0 Å². The van der Waals surface area contributed by atoms with Gasteiger partial charge in [0.05, 0.1) is 18.0 Å². The Morgan fingerprint density at radius 3 is 2.22 bits per heavy atom. The molecule has 0 aliphatic rings. The highest BCUT2D eigenvalue weighted by Crippen LogP contribution is 2.38. The van der Waals surface area contributed by atoms with Crippen molar-refractivity contribution in [1.82, 2.24) is 14.4 Å². The fraction of sp³-hybridized carbons (Fsp3) is 0.294. The fourth-order valence-corrected chi connectivity index (χ4v) is 5.69. The molecule has 0 amide bonds. The summed E-state index contributed by atoms with van der Waals surface area (Å²) < 4.78 is 13.7. The summed E-state index contributed by atoms with van der Waals surface area (Å²) in [7, 11) is -0.322. The van der Waals surface area contributed by atoms with E-state index < -0.39 is 8.32 Å². The lowest BCUT2D eigenvalue weighted by atomic mass is 10.1. The van der Waals surface area contributed by atoms with Crippen molar-refractivity contribution in [3.8, 4) is 22.9 Å². The second-order valence-electron chi connectivity index (χ2n) is 12.1. The Hall–Kier alpha value is -3.94. The summed E-state index contributed by atoms with van der Waals surface area (Å²) >= 11 is 0. The van der Waals surface area contributed by atoms with E-state index in [0.717, 1.165) is 39.4 Å². The maximum Gasteiger partial charge on any atom is 0.250 e. The van der Waals surface area contributed by atoms with Gasteiger partial charge in [0.25, 0.3) is 0 Å². The lowest BCUT2D eigenvalue weighted by Crippen LogP contribution is -2.43. The Balaban J connectivity index is 1.58. The Morgan fingerprint density at radius 2 is 1.49 bits per heavy atom. The Bertz CT molecular complexity index is 1660. The lowest BCUT2D eigenvalue weighted by molar-refractivity contribution is 0.185. The molecule has 0 atom stereocenters. The molecule has 3 aromatic carbocycles. The second kappa shape index (κ2) is 11.5. The van der Waals surface area contributed by atoms with Gasteiger partial charge in [-0.25, -0.2) is 9.97 Å². The average molecular weight is 566 g/mol. The van der Waals surface area contributed by atoms with Crippen LogP contribution in [0.2, 0.25) is 18.1 Å². The molecule has 0 aliphatic heterocycles. The van der Waals surface area contributed by atoms with Crippen molar-refractivity contribution < 1.29 is 14.3 Å². The number of benzene rings is 3. The smallest absolute Gasteiger partial charge is 0.250 e. The number of aromatic nitrogens is 3. The Labute approximate surface area is 243 Å². The van der Waals surface area contributed by atoms with Crippen LogP contribution in [-0.2, 0) is 24.2 Å². The minimum absolute atomic E-state index is 0.0884. The van der Waals surface area contributed by atoms with Crippen LogP contribution in [0.5, 0.6) is 11.6 Å². The minimum Gasteiger partial charge on any atom is -0.543 e. The maximum atomic E-state index is 11.4. The summed E-state index contributed by atoms with van der Waals surface area (Å²) in [4.78, 5) is 10.0. The molecule has 1 N–H and O–H groups in total. The first-order valence-corrected chi connectivity index (χ1v) is 16.9. The highest BCUT2D eigenvalue weighted by molar-refractivity contribution is 6.74. The summed E-state index contributed by atoms with van der Waals surface area (Å²) in [6.07, 6.45) is 2.97. The molecule has 7 heteroatoms. The summed E-state index contributed by atoms with van der Waals surface area (Å²) in [5, 5.41) is 11.5. The third kappa shape index (κ3) is 6.37. The van der Waals surface area contributed by atoms with Gasteiger partial charge in [0.2, 0.25) is 14.2 Å². The standard InChI is InChI=1S/C34H39N3O3Si/c1-34(2,3)41(5,6)40-28-17-11-16-27(21-28)31-22-37-32(29(35-31)19-24-12-8-7-9-13-24)36-30(33(37)38)20-25-14-10-15-26(18-25)23-39-4/h7-18,21-22,38H,19-20,23H2,1-6H3. The SMILES string of the molecule is COCc1cccc(Cc2nc3c(Cc4ccccc4)nc(-c4cccc(O[Si](C)(C)C(C)(C)C)c4)cn3c2O)c1. The third-order valence-electron chi connectivity index (χ3n) is 7.92. The van der Waals surface area contributed by atoms with Crippen molar-refractivity contribution in [3.63, 3.8) is 0 Å². The zero-order chi connectivity index (χ0) is 29.2. The number of hydrogen-bond donors (Lipinski definition) is 1. The molecule has 2 heterocycles. The molecule has 0 spiro atoms. The molecule has 6 nitrogen and oxygen atoms in total. The molecule has 0 aliphatic carbocycles. The van der Waals surface area contributed by atoms with E-state index in [-0.39, 0.29) is 10.9 Å². The van der Waals surface area contributed by atoms with Gasteiger partial charge in [0.1, 0.15) is 11.4 Å². The topological polar surface area (TPSA) is 68.9 Å². The highest BCUT2D eigenvalue weighted by Gasteiger charge is 2.39. The normalized spacial score (nSPS) is 12.1. The van der Waals surface area contributed by atoms with Crippen LogP contribution in [0.25, 0.3) is 16.9 Å². The van der Waals surface area contributed by atoms with Crippen LogP contribution in [0, 0.1) is 0 Å². The monoisotopic (exact) mass is 565 g/mol. The van der Waals surface area contributed by atoms with E-state index >= 15 is 0 Å². The number of imidazole rings is 1. The fourth-order valence-electron chi connectivity index (χ4n) is 4.66. The predicted octanol–water partition coefficient (Wildman–Crippen LogP) is 7.81. The maximum absolute atomic E-state index is 11.4. The van der Waals surface area contributed by atoms with Crippen molar-refractivity contribution in [2.24, 2.45) is 0 Å². The number of methoxy groups -OCH3 is 1. The first-order valence-electron chi connectivity index (χ1n) is 14.0. The van der Waals surface area contributed by atoms with Crippen molar-refractivity contribution >= 4 is 14.0 Å². The molecule has 0 unspecified atom stereocenters. The number of hydrogen-bond acceptors (Lipinski definition) is 5.